The topological polar surface area (TPSA) is 67.4 Å². The second-order valence-corrected chi connectivity index (χ2v) is 5.97. The number of alkyl carbamates (subject to hydrolysis) is 1. The predicted molar refractivity (Wildman–Crippen MR) is 75.3 cm³/mol. The lowest BCUT2D eigenvalue weighted by Gasteiger charge is -2.26. The first-order valence-electron chi connectivity index (χ1n) is 6.67. The minimum Gasteiger partial charge on any atom is -0.445 e. The van der Waals surface area contributed by atoms with Crippen molar-refractivity contribution in [3.05, 3.63) is 35.4 Å². The number of rotatable bonds is 3. The van der Waals surface area contributed by atoms with Crippen molar-refractivity contribution >= 4 is 12.0 Å². The van der Waals surface area contributed by atoms with Crippen LogP contribution >= 0.6 is 0 Å². The van der Waals surface area contributed by atoms with Crippen molar-refractivity contribution in [2.45, 2.75) is 38.8 Å². The first-order valence-corrected chi connectivity index (χ1v) is 6.67. The SMILES string of the molecule is CC(C)(C)c1ccc(COC(=O)N[C@H]2CNC2=O)cc1. The fourth-order valence-electron chi connectivity index (χ4n) is 1.84. The fourth-order valence-corrected chi connectivity index (χ4v) is 1.84. The second-order valence-electron chi connectivity index (χ2n) is 5.97. The summed E-state index contributed by atoms with van der Waals surface area (Å²) in [6, 6.07) is 7.52. The molecule has 20 heavy (non-hydrogen) atoms. The van der Waals surface area contributed by atoms with E-state index in [1.165, 1.54) is 5.56 Å². The molecule has 0 unspecified atom stereocenters. The molecule has 1 aliphatic rings. The third-order valence-corrected chi connectivity index (χ3v) is 3.28. The number of hydrogen-bond donors (Lipinski definition) is 2. The summed E-state index contributed by atoms with van der Waals surface area (Å²) in [6.07, 6.45) is -0.565. The van der Waals surface area contributed by atoms with E-state index >= 15 is 0 Å². The Morgan fingerprint density at radius 3 is 2.45 bits per heavy atom. The maximum atomic E-state index is 11.5. The first-order chi connectivity index (χ1) is 9.36. The Bertz CT molecular complexity index is 503. The molecule has 0 saturated carbocycles. The molecule has 1 heterocycles. The number of carbonyl (C=O) groups is 2. The van der Waals surface area contributed by atoms with Crippen LogP contribution in [0.15, 0.2) is 24.3 Å². The third-order valence-electron chi connectivity index (χ3n) is 3.28. The molecule has 1 atom stereocenters. The molecule has 1 aliphatic heterocycles. The molecule has 0 aromatic heterocycles. The number of benzene rings is 1. The van der Waals surface area contributed by atoms with E-state index in [1.807, 2.05) is 24.3 Å². The van der Waals surface area contributed by atoms with Crippen LogP contribution in [0.2, 0.25) is 0 Å². The lowest BCUT2D eigenvalue weighted by Crippen LogP contribution is -2.61. The number of hydrogen-bond acceptors (Lipinski definition) is 3. The quantitative estimate of drug-likeness (QED) is 0.826. The molecule has 0 aliphatic carbocycles. The van der Waals surface area contributed by atoms with E-state index in [-0.39, 0.29) is 17.9 Å². The molecule has 2 amide bonds. The smallest absolute Gasteiger partial charge is 0.408 e. The third kappa shape index (κ3) is 3.50. The van der Waals surface area contributed by atoms with Gasteiger partial charge in [-0.3, -0.25) is 4.79 Å². The van der Waals surface area contributed by atoms with Crippen molar-refractivity contribution in [3.63, 3.8) is 0 Å². The Morgan fingerprint density at radius 2 is 2.00 bits per heavy atom. The highest BCUT2D eigenvalue weighted by Gasteiger charge is 2.29. The van der Waals surface area contributed by atoms with Crippen LogP contribution in [0, 0.1) is 0 Å². The van der Waals surface area contributed by atoms with Crippen molar-refractivity contribution in [2.75, 3.05) is 6.54 Å². The molecule has 1 aromatic rings. The molecule has 1 saturated heterocycles. The van der Waals surface area contributed by atoms with Crippen LogP contribution in [0.3, 0.4) is 0 Å². The molecule has 0 spiro atoms. The number of amides is 2. The summed E-state index contributed by atoms with van der Waals surface area (Å²) < 4.78 is 5.08. The molecule has 5 heteroatoms. The van der Waals surface area contributed by atoms with E-state index in [0.29, 0.717) is 6.54 Å². The molecule has 108 valence electrons. The van der Waals surface area contributed by atoms with Crippen LogP contribution in [-0.4, -0.2) is 24.6 Å². The van der Waals surface area contributed by atoms with Gasteiger partial charge in [-0.25, -0.2) is 4.79 Å². The Hall–Kier alpha value is -2.04. The van der Waals surface area contributed by atoms with Gasteiger partial charge in [0.25, 0.3) is 0 Å². The van der Waals surface area contributed by atoms with Crippen LogP contribution in [0.5, 0.6) is 0 Å². The minimum atomic E-state index is -0.565. The van der Waals surface area contributed by atoms with Gasteiger partial charge in [-0.15, -0.1) is 0 Å². The molecular weight excluding hydrogens is 256 g/mol. The molecule has 1 aromatic carbocycles. The minimum absolute atomic E-state index is 0.106. The highest BCUT2D eigenvalue weighted by atomic mass is 16.5. The van der Waals surface area contributed by atoms with Gasteiger partial charge in [-0.2, -0.15) is 0 Å². The van der Waals surface area contributed by atoms with Gasteiger partial charge >= 0.3 is 6.09 Å². The summed E-state index contributed by atoms with van der Waals surface area (Å²) in [6.45, 7) is 7.11. The number of ether oxygens (including phenoxy) is 1. The molecule has 2 rings (SSSR count). The maximum Gasteiger partial charge on any atom is 0.408 e. The zero-order chi connectivity index (χ0) is 14.8. The monoisotopic (exact) mass is 276 g/mol. The summed E-state index contributed by atoms with van der Waals surface area (Å²) in [5.74, 6) is -0.170. The Labute approximate surface area is 118 Å². The predicted octanol–water partition coefficient (Wildman–Crippen LogP) is 1.71. The van der Waals surface area contributed by atoms with Crippen molar-refractivity contribution in [2.24, 2.45) is 0 Å². The largest absolute Gasteiger partial charge is 0.445 e. The van der Waals surface area contributed by atoms with Crippen LogP contribution in [-0.2, 0) is 21.6 Å². The molecule has 0 radical (unpaired) electrons. The van der Waals surface area contributed by atoms with E-state index in [9.17, 15) is 9.59 Å². The van der Waals surface area contributed by atoms with Crippen molar-refractivity contribution in [1.82, 2.24) is 10.6 Å². The standard InChI is InChI=1S/C15H20N2O3/c1-15(2,3)11-6-4-10(5-7-11)9-20-14(19)17-12-8-16-13(12)18/h4-7,12H,8-9H2,1-3H3,(H,16,18)(H,17,19)/t12-/m0/s1. The highest BCUT2D eigenvalue weighted by Crippen LogP contribution is 2.22. The Morgan fingerprint density at radius 1 is 1.35 bits per heavy atom. The van der Waals surface area contributed by atoms with Crippen LogP contribution in [0.4, 0.5) is 4.79 Å². The average molecular weight is 276 g/mol. The normalized spacial score (nSPS) is 17.9. The first kappa shape index (κ1) is 14.4. The number of β-lactam (4-membered cyclic amide) rings is 1. The van der Waals surface area contributed by atoms with E-state index < -0.39 is 12.1 Å². The van der Waals surface area contributed by atoms with Crippen LogP contribution in [0.25, 0.3) is 0 Å². The molecule has 2 N–H and O–H groups in total. The summed E-state index contributed by atoms with van der Waals surface area (Å²) in [5.41, 5.74) is 2.26. The zero-order valence-electron chi connectivity index (χ0n) is 12.0. The van der Waals surface area contributed by atoms with Crippen molar-refractivity contribution < 1.29 is 14.3 Å². The summed E-state index contributed by atoms with van der Waals surface area (Å²) in [4.78, 5) is 22.5. The molecular formula is C15H20N2O3. The second kappa shape index (κ2) is 5.53. The summed E-state index contributed by atoms with van der Waals surface area (Å²) in [7, 11) is 0. The lowest BCUT2D eigenvalue weighted by molar-refractivity contribution is -0.128. The zero-order valence-corrected chi connectivity index (χ0v) is 12.0. The Balaban J connectivity index is 1.81. The van der Waals surface area contributed by atoms with E-state index in [0.717, 1.165) is 5.56 Å². The highest BCUT2D eigenvalue weighted by molar-refractivity contribution is 5.90. The number of nitrogens with one attached hydrogen (secondary N) is 2. The van der Waals surface area contributed by atoms with E-state index in [1.54, 1.807) is 0 Å². The van der Waals surface area contributed by atoms with Gasteiger partial charge in [0.1, 0.15) is 12.6 Å². The maximum absolute atomic E-state index is 11.5. The fraction of sp³-hybridized carbons (Fsp3) is 0.467. The Kier molecular flexibility index (Phi) is 3.97. The van der Waals surface area contributed by atoms with E-state index in [4.69, 9.17) is 4.74 Å². The number of carbonyl (C=O) groups excluding carboxylic acids is 2. The van der Waals surface area contributed by atoms with Gasteiger partial charge in [0, 0.05) is 6.54 Å². The summed E-state index contributed by atoms with van der Waals surface area (Å²) in [5, 5.41) is 5.05. The molecule has 5 nitrogen and oxygen atoms in total. The van der Waals surface area contributed by atoms with Gasteiger partial charge < -0.3 is 15.4 Å². The average Bonchev–Trinajstić information content (AvgIpc) is 2.40. The van der Waals surface area contributed by atoms with Gasteiger partial charge in [0.2, 0.25) is 5.91 Å². The molecule has 0 bridgehead atoms. The van der Waals surface area contributed by atoms with Gasteiger partial charge in [0.05, 0.1) is 0 Å². The van der Waals surface area contributed by atoms with Gasteiger partial charge in [-0.1, -0.05) is 45.0 Å². The van der Waals surface area contributed by atoms with Gasteiger partial charge in [-0.05, 0) is 16.5 Å². The lowest BCUT2D eigenvalue weighted by atomic mass is 9.87. The van der Waals surface area contributed by atoms with Crippen molar-refractivity contribution in [3.8, 4) is 0 Å². The van der Waals surface area contributed by atoms with E-state index in [2.05, 4.69) is 31.4 Å². The summed E-state index contributed by atoms with van der Waals surface area (Å²) >= 11 is 0. The molecule has 1 fully saturated rings. The van der Waals surface area contributed by atoms with Crippen LogP contribution in [0.1, 0.15) is 31.9 Å². The van der Waals surface area contributed by atoms with Crippen LogP contribution < -0.4 is 10.6 Å². The van der Waals surface area contributed by atoms with Crippen molar-refractivity contribution in [1.29, 1.82) is 0 Å². The van der Waals surface area contributed by atoms with Gasteiger partial charge in [0.15, 0.2) is 0 Å².